The molecule has 0 saturated carbocycles. The van der Waals surface area contributed by atoms with Crippen LogP contribution in [-0.2, 0) is 17.7 Å². The van der Waals surface area contributed by atoms with E-state index in [2.05, 4.69) is 31.7 Å². The van der Waals surface area contributed by atoms with Crippen LogP contribution in [0.4, 0.5) is 0 Å². The minimum atomic E-state index is -0.297. The molecule has 0 radical (unpaired) electrons. The lowest BCUT2D eigenvalue weighted by Gasteiger charge is -2.09. The van der Waals surface area contributed by atoms with Crippen LogP contribution in [0.15, 0.2) is 43.0 Å². The van der Waals surface area contributed by atoms with E-state index in [1.165, 1.54) is 12.0 Å². The molecule has 0 aliphatic heterocycles. The second-order valence-corrected chi connectivity index (χ2v) is 6.54. The Morgan fingerprint density at radius 2 is 2.04 bits per heavy atom. The van der Waals surface area contributed by atoms with Crippen LogP contribution < -0.4 is 0 Å². The molecular weight excluding hydrogens is 306 g/mol. The lowest BCUT2D eigenvalue weighted by atomic mass is 10.1. The van der Waals surface area contributed by atoms with Crippen LogP contribution in [0.1, 0.15) is 33.4 Å². The first-order valence-corrected chi connectivity index (χ1v) is 8.39. The van der Waals surface area contributed by atoms with E-state index in [-0.39, 0.29) is 5.97 Å². The van der Waals surface area contributed by atoms with Crippen LogP contribution in [-0.4, -0.2) is 17.6 Å². The normalized spacial score (nSPS) is 10.9. The molecule has 2 heterocycles. The van der Waals surface area contributed by atoms with Crippen molar-refractivity contribution in [1.82, 2.24) is 4.57 Å². The van der Waals surface area contributed by atoms with E-state index in [1.54, 1.807) is 11.3 Å². The molecule has 0 amide bonds. The van der Waals surface area contributed by atoms with Gasteiger partial charge in [-0.3, -0.25) is 0 Å². The number of fused-ring (bicyclic) bond motifs is 1. The zero-order valence-electron chi connectivity index (χ0n) is 13.3. The molecule has 3 aromatic rings. The van der Waals surface area contributed by atoms with Gasteiger partial charge in [0, 0.05) is 11.4 Å². The van der Waals surface area contributed by atoms with Crippen molar-refractivity contribution in [3.63, 3.8) is 0 Å². The van der Waals surface area contributed by atoms with Crippen LogP contribution >= 0.6 is 11.3 Å². The summed E-state index contributed by atoms with van der Waals surface area (Å²) in [6, 6.07) is 12.3. The SMILES string of the molecule is C=Cc1ccc(Cn2c(C(=O)OC)cc3sc(CC)cc32)cc1. The molecule has 0 bridgehead atoms. The zero-order valence-corrected chi connectivity index (χ0v) is 14.2. The fourth-order valence-corrected chi connectivity index (χ4v) is 3.69. The first kappa shape index (κ1) is 15.6. The highest BCUT2D eigenvalue weighted by atomic mass is 32.1. The third kappa shape index (κ3) is 2.94. The number of ether oxygens (including phenoxy) is 1. The molecule has 0 N–H and O–H groups in total. The van der Waals surface area contributed by atoms with Crippen molar-refractivity contribution in [1.29, 1.82) is 0 Å². The van der Waals surface area contributed by atoms with Crippen LogP contribution in [0.3, 0.4) is 0 Å². The van der Waals surface area contributed by atoms with Crippen LogP contribution in [0.5, 0.6) is 0 Å². The lowest BCUT2D eigenvalue weighted by Crippen LogP contribution is -2.11. The Morgan fingerprint density at radius 3 is 2.65 bits per heavy atom. The predicted octanol–water partition coefficient (Wildman–Crippen LogP) is 4.74. The third-order valence-corrected chi connectivity index (χ3v) is 5.16. The molecule has 2 aromatic heterocycles. The van der Waals surface area contributed by atoms with Gasteiger partial charge in [-0.15, -0.1) is 11.3 Å². The summed E-state index contributed by atoms with van der Waals surface area (Å²) in [5.41, 5.74) is 3.93. The molecule has 0 aliphatic carbocycles. The number of carbonyl (C=O) groups is 1. The van der Waals surface area contributed by atoms with Crippen molar-refractivity contribution in [2.24, 2.45) is 0 Å². The fourth-order valence-electron chi connectivity index (χ4n) is 2.65. The van der Waals surface area contributed by atoms with Crippen molar-refractivity contribution in [3.05, 3.63) is 64.7 Å². The highest BCUT2D eigenvalue weighted by molar-refractivity contribution is 7.19. The highest BCUT2D eigenvalue weighted by Crippen LogP contribution is 2.30. The van der Waals surface area contributed by atoms with E-state index in [1.807, 2.05) is 28.8 Å². The molecule has 0 aliphatic rings. The minimum absolute atomic E-state index is 0.297. The lowest BCUT2D eigenvalue weighted by molar-refractivity contribution is 0.0589. The van der Waals surface area contributed by atoms with E-state index < -0.39 is 0 Å². The maximum absolute atomic E-state index is 12.1. The number of benzene rings is 1. The Morgan fingerprint density at radius 1 is 1.30 bits per heavy atom. The van der Waals surface area contributed by atoms with E-state index in [9.17, 15) is 4.79 Å². The molecule has 0 spiro atoms. The van der Waals surface area contributed by atoms with Crippen LogP contribution in [0.2, 0.25) is 0 Å². The molecule has 4 heteroatoms. The molecule has 0 atom stereocenters. The summed E-state index contributed by atoms with van der Waals surface area (Å²) in [4.78, 5) is 13.4. The zero-order chi connectivity index (χ0) is 16.4. The first-order chi connectivity index (χ1) is 11.2. The number of esters is 1. The van der Waals surface area contributed by atoms with Crippen molar-refractivity contribution in [2.75, 3.05) is 7.11 Å². The van der Waals surface area contributed by atoms with Crippen molar-refractivity contribution in [3.8, 4) is 0 Å². The number of aromatic nitrogens is 1. The predicted molar refractivity (Wildman–Crippen MR) is 96.2 cm³/mol. The summed E-state index contributed by atoms with van der Waals surface area (Å²) in [6.07, 6.45) is 2.82. The molecular formula is C19H19NO2S. The van der Waals surface area contributed by atoms with Gasteiger partial charge in [0.05, 0.1) is 17.3 Å². The first-order valence-electron chi connectivity index (χ1n) is 7.58. The molecule has 0 fully saturated rings. The fraction of sp³-hybridized carbons (Fsp3) is 0.211. The number of thiophene rings is 1. The molecule has 3 rings (SSSR count). The number of methoxy groups -OCH3 is 1. The molecule has 0 saturated heterocycles. The van der Waals surface area contributed by atoms with E-state index in [0.29, 0.717) is 12.2 Å². The highest BCUT2D eigenvalue weighted by Gasteiger charge is 2.18. The van der Waals surface area contributed by atoms with Crippen LogP contribution in [0, 0.1) is 0 Å². The summed E-state index contributed by atoms with van der Waals surface area (Å²) >= 11 is 1.73. The minimum Gasteiger partial charge on any atom is -0.464 e. The monoisotopic (exact) mass is 325 g/mol. The van der Waals surface area contributed by atoms with E-state index >= 15 is 0 Å². The molecule has 1 aromatic carbocycles. The topological polar surface area (TPSA) is 31.2 Å². The van der Waals surface area contributed by atoms with Gasteiger partial charge in [-0.05, 0) is 29.7 Å². The summed E-state index contributed by atoms with van der Waals surface area (Å²) in [6.45, 7) is 6.56. The van der Waals surface area contributed by atoms with Crippen molar-refractivity contribution >= 4 is 33.6 Å². The number of hydrogen-bond donors (Lipinski definition) is 0. The van der Waals surface area contributed by atoms with Gasteiger partial charge in [0.25, 0.3) is 0 Å². The third-order valence-electron chi connectivity index (χ3n) is 3.94. The van der Waals surface area contributed by atoms with Crippen LogP contribution in [0.25, 0.3) is 16.3 Å². The van der Waals surface area contributed by atoms with Crippen molar-refractivity contribution in [2.45, 2.75) is 19.9 Å². The van der Waals surface area contributed by atoms with Gasteiger partial charge < -0.3 is 9.30 Å². The average Bonchev–Trinajstić information content (AvgIpc) is 3.13. The second-order valence-electron chi connectivity index (χ2n) is 5.37. The van der Waals surface area contributed by atoms with Gasteiger partial charge in [-0.2, -0.15) is 0 Å². The number of rotatable bonds is 5. The number of carbonyl (C=O) groups excluding carboxylic acids is 1. The Labute approximate surface area is 139 Å². The number of nitrogens with zero attached hydrogens (tertiary/aromatic N) is 1. The quantitative estimate of drug-likeness (QED) is 0.634. The van der Waals surface area contributed by atoms with Gasteiger partial charge in [-0.1, -0.05) is 43.8 Å². The van der Waals surface area contributed by atoms with Crippen molar-refractivity contribution < 1.29 is 9.53 Å². The molecule has 23 heavy (non-hydrogen) atoms. The Kier molecular flexibility index (Phi) is 4.35. The van der Waals surface area contributed by atoms with Gasteiger partial charge >= 0.3 is 5.97 Å². The summed E-state index contributed by atoms with van der Waals surface area (Å²) in [5.74, 6) is -0.297. The van der Waals surface area contributed by atoms with E-state index in [4.69, 9.17) is 4.74 Å². The number of aryl methyl sites for hydroxylation is 1. The standard InChI is InChI=1S/C19H19NO2S/c1-4-13-6-8-14(9-7-13)12-20-16-10-15(5-2)23-18(16)11-17(20)19(21)22-3/h4,6-11H,1,5,12H2,2-3H3. The molecule has 3 nitrogen and oxygen atoms in total. The number of hydrogen-bond acceptors (Lipinski definition) is 3. The van der Waals surface area contributed by atoms with Gasteiger partial charge in [-0.25, -0.2) is 4.79 Å². The Hall–Kier alpha value is -2.33. The average molecular weight is 325 g/mol. The summed E-state index contributed by atoms with van der Waals surface area (Å²) in [7, 11) is 1.42. The smallest absolute Gasteiger partial charge is 0.354 e. The van der Waals surface area contributed by atoms with Gasteiger partial charge in [0.2, 0.25) is 0 Å². The summed E-state index contributed by atoms with van der Waals surface area (Å²) in [5, 5.41) is 0. The summed E-state index contributed by atoms with van der Waals surface area (Å²) < 4.78 is 8.11. The maximum atomic E-state index is 12.1. The maximum Gasteiger partial charge on any atom is 0.354 e. The Balaban J connectivity index is 2.06. The molecule has 0 unspecified atom stereocenters. The largest absolute Gasteiger partial charge is 0.464 e. The Bertz CT molecular complexity index is 856. The van der Waals surface area contributed by atoms with Gasteiger partial charge in [0.1, 0.15) is 5.69 Å². The van der Waals surface area contributed by atoms with E-state index in [0.717, 1.165) is 27.8 Å². The second kappa shape index (κ2) is 6.42. The molecule has 118 valence electrons. The van der Waals surface area contributed by atoms with Gasteiger partial charge in [0.15, 0.2) is 0 Å².